The van der Waals surface area contributed by atoms with Crippen LogP contribution in [-0.4, -0.2) is 21.9 Å². The number of aromatic hydroxyl groups is 2. The molecule has 20 heavy (non-hydrogen) atoms. The highest BCUT2D eigenvalue weighted by molar-refractivity contribution is 8.02. The van der Waals surface area contributed by atoms with Gasteiger partial charge in [0.05, 0.1) is 12.8 Å². The van der Waals surface area contributed by atoms with Gasteiger partial charge in [-0.25, -0.2) is 4.57 Å². The molecular weight excluding hydrogens is 276 g/mol. The normalized spacial score (nSPS) is 10.2. The van der Waals surface area contributed by atoms with Crippen LogP contribution in [-0.2, 0) is 5.75 Å². The third-order valence-corrected chi connectivity index (χ3v) is 3.48. The summed E-state index contributed by atoms with van der Waals surface area (Å²) in [6.07, 6.45) is 0. The zero-order chi connectivity index (χ0) is 14.7. The number of hydrogen-bond donors (Lipinski definition) is 2. The third kappa shape index (κ3) is 2.53. The number of hydrogen-bond acceptors (Lipinski definition) is 5. The van der Waals surface area contributed by atoms with Crippen LogP contribution in [0.1, 0.15) is 11.1 Å². The Kier molecular flexibility index (Phi) is 4.11. The van der Waals surface area contributed by atoms with Crippen molar-refractivity contribution in [2.75, 3.05) is 7.11 Å². The van der Waals surface area contributed by atoms with Crippen molar-refractivity contribution in [3.63, 3.8) is 0 Å². The average molecular weight is 290 g/mol. The van der Waals surface area contributed by atoms with E-state index in [0.717, 1.165) is 17.3 Å². The Morgan fingerprint density at radius 2 is 2.10 bits per heavy atom. The molecule has 0 aliphatic carbocycles. The highest BCUT2D eigenvalue weighted by Crippen LogP contribution is 2.37. The Morgan fingerprint density at radius 1 is 1.35 bits per heavy atom. The molecule has 0 fully saturated rings. The fraction of sp³-hybridized carbons (Fsp3) is 0.214. The van der Waals surface area contributed by atoms with E-state index in [0.29, 0.717) is 22.8 Å². The van der Waals surface area contributed by atoms with Gasteiger partial charge in [-0.05, 0) is 36.4 Å². The van der Waals surface area contributed by atoms with E-state index in [4.69, 9.17) is 10.00 Å². The lowest BCUT2D eigenvalue weighted by Crippen LogP contribution is -1.98. The van der Waals surface area contributed by atoms with Crippen molar-refractivity contribution in [1.29, 1.82) is 5.26 Å². The van der Waals surface area contributed by atoms with Crippen LogP contribution in [0.2, 0.25) is 0 Å². The van der Waals surface area contributed by atoms with Crippen molar-refractivity contribution >= 4 is 11.8 Å². The molecule has 0 spiro atoms. The number of thiocyanates is 1. The van der Waals surface area contributed by atoms with E-state index in [9.17, 15) is 10.2 Å². The summed E-state index contributed by atoms with van der Waals surface area (Å²) in [6.45, 7) is 1.91. The maximum Gasteiger partial charge on any atom is 0.202 e. The molecule has 6 heteroatoms. The predicted molar refractivity (Wildman–Crippen MR) is 77.3 cm³/mol. The smallest absolute Gasteiger partial charge is 0.202 e. The van der Waals surface area contributed by atoms with E-state index in [-0.39, 0.29) is 11.8 Å². The van der Waals surface area contributed by atoms with Crippen molar-refractivity contribution in [2.24, 2.45) is 0 Å². The van der Waals surface area contributed by atoms with Gasteiger partial charge in [0, 0.05) is 17.4 Å². The summed E-state index contributed by atoms with van der Waals surface area (Å²) in [4.78, 5) is 0. The lowest BCUT2D eigenvalue weighted by Gasteiger charge is -2.12. The summed E-state index contributed by atoms with van der Waals surface area (Å²) in [7, 11) is 1.53. The lowest BCUT2D eigenvalue weighted by atomic mass is 10.2. The van der Waals surface area contributed by atoms with Crippen LogP contribution < -0.4 is 4.74 Å². The van der Waals surface area contributed by atoms with Gasteiger partial charge in [-0.3, -0.25) is 0 Å². The molecule has 0 saturated carbocycles. The van der Waals surface area contributed by atoms with Crippen molar-refractivity contribution in [3.8, 4) is 28.6 Å². The first kappa shape index (κ1) is 14.2. The maximum atomic E-state index is 10.2. The Bertz CT molecular complexity index is 674. The molecule has 1 heterocycles. The van der Waals surface area contributed by atoms with Gasteiger partial charge < -0.3 is 14.9 Å². The van der Waals surface area contributed by atoms with Gasteiger partial charge in [0.25, 0.3) is 0 Å². The van der Waals surface area contributed by atoms with Gasteiger partial charge >= 0.3 is 0 Å². The monoisotopic (exact) mass is 290 g/mol. The molecule has 0 amide bonds. The molecule has 0 atom stereocenters. The summed E-state index contributed by atoms with van der Waals surface area (Å²) in [5, 5.41) is 30.8. The number of aromatic nitrogens is 1. The van der Waals surface area contributed by atoms with E-state index < -0.39 is 0 Å². The largest absolute Gasteiger partial charge is 0.495 e. The number of thioether (sulfide) groups is 1. The molecule has 0 aliphatic rings. The number of nitriles is 1. The van der Waals surface area contributed by atoms with Crippen molar-refractivity contribution in [3.05, 3.63) is 35.4 Å². The molecule has 0 bridgehead atoms. The van der Waals surface area contributed by atoms with Crippen molar-refractivity contribution in [1.82, 2.24) is 4.57 Å². The van der Waals surface area contributed by atoms with Gasteiger partial charge in [-0.2, -0.15) is 5.26 Å². The average Bonchev–Trinajstić information content (AvgIpc) is 2.71. The highest BCUT2D eigenvalue weighted by atomic mass is 32.2. The first-order valence-corrected chi connectivity index (χ1v) is 6.85. The first-order valence-electron chi connectivity index (χ1n) is 5.87. The minimum absolute atomic E-state index is 0.0887. The van der Waals surface area contributed by atoms with Crippen LogP contribution in [0.15, 0.2) is 24.3 Å². The summed E-state index contributed by atoms with van der Waals surface area (Å²) in [5.41, 5.74) is 2.02. The molecule has 104 valence electrons. The second kappa shape index (κ2) is 5.80. The number of benzene rings is 1. The van der Waals surface area contributed by atoms with E-state index in [2.05, 4.69) is 0 Å². The third-order valence-electron chi connectivity index (χ3n) is 2.90. The molecule has 0 radical (unpaired) electrons. The lowest BCUT2D eigenvalue weighted by molar-refractivity contribution is 0.386. The number of aryl methyl sites for hydroxylation is 1. The van der Waals surface area contributed by atoms with Crippen LogP contribution in [0.5, 0.6) is 17.5 Å². The van der Waals surface area contributed by atoms with Crippen LogP contribution in [0.4, 0.5) is 0 Å². The van der Waals surface area contributed by atoms with Gasteiger partial charge in [0.2, 0.25) is 5.88 Å². The summed E-state index contributed by atoms with van der Waals surface area (Å²) in [6, 6.07) is 6.90. The second-order valence-corrected chi connectivity index (χ2v) is 5.00. The maximum absolute atomic E-state index is 10.2. The molecule has 2 rings (SSSR count). The zero-order valence-electron chi connectivity index (χ0n) is 11.1. The summed E-state index contributed by atoms with van der Waals surface area (Å²) >= 11 is 0.996. The molecule has 1 aromatic carbocycles. The Labute approximate surface area is 121 Å². The van der Waals surface area contributed by atoms with Crippen LogP contribution in [0.25, 0.3) is 5.69 Å². The molecule has 5 nitrogen and oxygen atoms in total. The molecule has 1 aromatic heterocycles. The van der Waals surface area contributed by atoms with Gasteiger partial charge in [-0.15, -0.1) is 0 Å². The minimum atomic E-state index is -0.0973. The molecular formula is C14H14N2O3S. The minimum Gasteiger partial charge on any atom is -0.495 e. The quantitative estimate of drug-likeness (QED) is 0.846. The van der Waals surface area contributed by atoms with Gasteiger partial charge in [0.15, 0.2) is 5.88 Å². The Balaban J connectivity index is 2.56. The van der Waals surface area contributed by atoms with E-state index >= 15 is 0 Å². The van der Waals surface area contributed by atoms with Crippen molar-refractivity contribution in [2.45, 2.75) is 12.7 Å². The second-order valence-electron chi connectivity index (χ2n) is 4.24. The SMILES string of the molecule is COc1ccc(C)cc1-n1c(O)cc(CSC#N)c1O. The van der Waals surface area contributed by atoms with E-state index in [1.165, 1.54) is 17.7 Å². The molecule has 0 aliphatic heterocycles. The van der Waals surface area contributed by atoms with Crippen LogP contribution in [0, 0.1) is 17.6 Å². The molecule has 0 unspecified atom stereocenters. The topological polar surface area (TPSA) is 78.4 Å². The molecule has 2 aromatic rings. The predicted octanol–water partition coefficient (Wildman–Crippen LogP) is 2.92. The Hall–Kier alpha value is -2.26. The number of rotatable bonds is 4. The Morgan fingerprint density at radius 3 is 2.75 bits per heavy atom. The van der Waals surface area contributed by atoms with Crippen molar-refractivity contribution < 1.29 is 14.9 Å². The number of methoxy groups -OCH3 is 1. The fourth-order valence-corrected chi connectivity index (χ4v) is 2.40. The van der Waals surface area contributed by atoms with Gasteiger partial charge in [0.1, 0.15) is 11.2 Å². The zero-order valence-corrected chi connectivity index (χ0v) is 11.9. The first-order chi connectivity index (χ1) is 9.58. The fourth-order valence-electron chi connectivity index (χ4n) is 1.97. The highest BCUT2D eigenvalue weighted by Gasteiger charge is 2.18. The standard InChI is InChI=1S/C14H14N2O3S/c1-9-3-4-12(19-2)11(5-9)16-13(17)6-10(14(16)18)7-20-8-15/h3-6,17-18H,7H2,1-2H3. The summed E-state index contributed by atoms with van der Waals surface area (Å²) in [5.74, 6) is 0.655. The summed E-state index contributed by atoms with van der Waals surface area (Å²) < 4.78 is 6.56. The molecule has 0 saturated heterocycles. The van der Waals surface area contributed by atoms with Gasteiger partial charge in [-0.1, -0.05) is 6.07 Å². The van der Waals surface area contributed by atoms with E-state index in [1.54, 1.807) is 12.1 Å². The van der Waals surface area contributed by atoms with Crippen LogP contribution in [0.3, 0.4) is 0 Å². The number of ether oxygens (including phenoxy) is 1. The molecule has 2 N–H and O–H groups in total. The number of nitrogens with zero attached hydrogens (tertiary/aromatic N) is 2. The van der Waals surface area contributed by atoms with E-state index in [1.807, 2.05) is 18.4 Å². The van der Waals surface area contributed by atoms with Crippen LogP contribution >= 0.6 is 11.8 Å².